The largest absolute Gasteiger partial charge is 0.465 e. The minimum atomic E-state index is -4.43. The summed E-state index contributed by atoms with van der Waals surface area (Å²) in [6.07, 6.45) is 0. The Morgan fingerprint density at radius 3 is 2.06 bits per heavy atom. The van der Waals surface area contributed by atoms with Gasteiger partial charge in [0.1, 0.15) is 10.7 Å². The molecule has 33 heavy (non-hydrogen) atoms. The second-order valence-corrected chi connectivity index (χ2v) is 10.2. The normalized spacial score (nSPS) is 11.6. The number of carbonyl (C=O) groups is 1. The molecule has 1 heterocycles. The summed E-state index contributed by atoms with van der Waals surface area (Å²) in [6, 6.07) is 9.14. The lowest BCUT2D eigenvalue weighted by molar-refractivity contribution is 0.0600. The number of halogens is 1. The Balaban J connectivity index is 1.83. The van der Waals surface area contributed by atoms with Gasteiger partial charge in [-0.3, -0.25) is 4.72 Å². The van der Waals surface area contributed by atoms with Crippen molar-refractivity contribution >= 4 is 37.7 Å². The van der Waals surface area contributed by atoms with Crippen LogP contribution in [0.25, 0.3) is 0 Å². The fraction of sp³-hybridized carbons (Fsp3) is 0.150. The van der Waals surface area contributed by atoms with Crippen LogP contribution < -0.4 is 9.44 Å². The van der Waals surface area contributed by atoms with E-state index in [2.05, 4.69) is 24.1 Å². The number of nitrogens with zero attached hydrogens (tertiary/aromatic N) is 2. The van der Waals surface area contributed by atoms with Crippen LogP contribution in [0.15, 0.2) is 58.3 Å². The van der Waals surface area contributed by atoms with Crippen molar-refractivity contribution in [3.05, 3.63) is 71.3 Å². The molecule has 0 spiro atoms. The first-order valence-corrected chi connectivity index (χ1v) is 12.2. The molecular weight excluding hydrogens is 475 g/mol. The molecule has 2 aromatic carbocycles. The van der Waals surface area contributed by atoms with Gasteiger partial charge in [-0.15, -0.1) is 0 Å². The quantitative estimate of drug-likeness (QED) is 0.477. The lowest BCUT2D eigenvalue weighted by Crippen LogP contribution is -2.17. The van der Waals surface area contributed by atoms with Gasteiger partial charge < -0.3 is 4.74 Å². The molecule has 3 rings (SSSR count). The van der Waals surface area contributed by atoms with Crippen LogP contribution in [0.3, 0.4) is 0 Å². The van der Waals surface area contributed by atoms with Crippen LogP contribution in [-0.2, 0) is 24.8 Å². The lowest BCUT2D eigenvalue weighted by Gasteiger charge is -2.11. The van der Waals surface area contributed by atoms with Crippen molar-refractivity contribution in [1.29, 1.82) is 0 Å². The molecule has 0 saturated heterocycles. The number of rotatable bonds is 7. The molecule has 0 saturated carbocycles. The van der Waals surface area contributed by atoms with Crippen LogP contribution in [0.4, 0.5) is 16.0 Å². The van der Waals surface area contributed by atoms with Crippen LogP contribution in [0, 0.1) is 19.7 Å². The van der Waals surface area contributed by atoms with Gasteiger partial charge in [0.25, 0.3) is 20.0 Å². The number of aryl methyl sites for hydroxylation is 2. The van der Waals surface area contributed by atoms with Crippen molar-refractivity contribution in [3.63, 3.8) is 0 Å². The van der Waals surface area contributed by atoms with Crippen LogP contribution in [0.2, 0.25) is 0 Å². The number of benzene rings is 2. The number of nitrogens with one attached hydrogen (secondary N) is 2. The molecule has 2 N–H and O–H groups in total. The third kappa shape index (κ3) is 5.62. The maximum Gasteiger partial charge on any atom is 0.337 e. The molecule has 0 aliphatic rings. The molecule has 3 aromatic rings. The first-order chi connectivity index (χ1) is 15.4. The molecule has 0 aliphatic carbocycles. The van der Waals surface area contributed by atoms with Gasteiger partial charge in [-0.2, -0.15) is 0 Å². The third-order valence-corrected chi connectivity index (χ3v) is 7.01. The van der Waals surface area contributed by atoms with Crippen molar-refractivity contribution in [2.24, 2.45) is 0 Å². The van der Waals surface area contributed by atoms with Gasteiger partial charge >= 0.3 is 5.97 Å². The van der Waals surface area contributed by atoms with Crippen LogP contribution in [-0.4, -0.2) is 39.9 Å². The summed E-state index contributed by atoms with van der Waals surface area (Å²) in [5, 5.41) is 0. The maximum absolute atomic E-state index is 14.1. The van der Waals surface area contributed by atoms with E-state index in [9.17, 15) is 26.0 Å². The number of anilines is 2. The lowest BCUT2D eigenvalue weighted by atomic mass is 10.2. The summed E-state index contributed by atoms with van der Waals surface area (Å²) in [4.78, 5) is 18.7. The Labute approximate surface area is 190 Å². The molecule has 174 valence electrons. The van der Waals surface area contributed by atoms with Gasteiger partial charge in [0, 0.05) is 17.1 Å². The summed E-state index contributed by atoms with van der Waals surface area (Å²) in [7, 11) is -7.37. The second-order valence-electron chi connectivity index (χ2n) is 6.85. The number of methoxy groups -OCH3 is 1. The Bertz CT molecular complexity index is 1410. The Kier molecular flexibility index (Phi) is 6.65. The summed E-state index contributed by atoms with van der Waals surface area (Å²) >= 11 is 0. The molecule has 0 aliphatic heterocycles. The van der Waals surface area contributed by atoms with Crippen molar-refractivity contribution in [2.75, 3.05) is 16.6 Å². The number of hydrogen-bond acceptors (Lipinski definition) is 8. The Morgan fingerprint density at radius 2 is 1.48 bits per heavy atom. The molecule has 0 atom stereocenters. The molecule has 13 heteroatoms. The van der Waals surface area contributed by atoms with E-state index in [4.69, 9.17) is 0 Å². The van der Waals surface area contributed by atoms with Crippen LogP contribution >= 0.6 is 0 Å². The number of aromatic nitrogens is 2. The average Bonchev–Trinajstić information content (AvgIpc) is 2.72. The smallest absolute Gasteiger partial charge is 0.337 e. The van der Waals surface area contributed by atoms with Crippen molar-refractivity contribution in [3.8, 4) is 0 Å². The minimum absolute atomic E-state index is 0.0283. The van der Waals surface area contributed by atoms with Gasteiger partial charge in [0.15, 0.2) is 0 Å². The number of sulfonamides is 2. The molecule has 0 amide bonds. The molecule has 10 nitrogen and oxygen atoms in total. The summed E-state index contributed by atoms with van der Waals surface area (Å²) < 4.78 is 73.5. The van der Waals surface area contributed by atoms with Gasteiger partial charge in [-0.05, 0) is 62.4 Å². The van der Waals surface area contributed by atoms with Crippen molar-refractivity contribution in [2.45, 2.75) is 23.6 Å². The first kappa shape index (κ1) is 24.1. The molecule has 0 bridgehead atoms. The predicted molar refractivity (Wildman–Crippen MR) is 117 cm³/mol. The summed E-state index contributed by atoms with van der Waals surface area (Å²) in [5.41, 5.74) is 0.974. The zero-order valence-corrected chi connectivity index (χ0v) is 19.3. The van der Waals surface area contributed by atoms with Crippen molar-refractivity contribution in [1.82, 2.24) is 9.97 Å². The highest BCUT2D eigenvalue weighted by atomic mass is 32.2. The number of hydrogen-bond donors (Lipinski definition) is 2. The standard InChI is InChI=1S/C20H19FN4O6S2/c1-12-10-13(2)23-20(22-12)25-32(27,28)16-7-5-15(6-8-16)24-33(29,30)18-11-14(19(26)31-3)4-9-17(18)21/h4-11,24H,1-3H3,(H,22,23,25). The fourth-order valence-corrected chi connectivity index (χ4v) is 4.92. The van der Waals surface area contributed by atoms with E-state index < -0.39 is 36.7 Å². The van der Waals surface area contributed by atoms with Crippen LogP contribution in [0.1, 0.15) is 21.7 Å². The van der Waals surface area contributed by atoms with Gasteiger partial charge in [-0.25, -0.2) is 40.7 Å². The molecular formula is C20H19FN4O6S2. The highest BCUT2D eigenvalue weighted by Gasteiger charge is 2.22. The molecule has 0 radical (unpaired) electrons. The Morgan fingerprint density at radius 1 is 0.879 bits per heavy atom. The fourth-order valence-electron chi connectivity index (χ4n) is 2.82. The SMILES string of the molecule is COC(=O)c1ccc(F)c(S(=O)(=O)Nc2ccc(S(=O)(=O)Nc3nc(C)cc(C)n3)cc2)c1. The van der Waals surface area contributed by atoms with Crippen molar-refractivity contribution < 1.29 is 30.8 Å². The molecule has 1 aromatic heterocycles. The average molecular weight is 495 g/mol. The predicted octanol–water partition coefficient (Wildman–Crippen LogP) is 2.62. The van der Waals surface area contributed by atoms with Gasteiger partial charge in [0.2, 0.25) is 5.95 Å². The second kappa shape index (κ2) is 9.11. The van der Waals surface area contributed by atoms with E-state index in [0.717, 1.165) is 37.4 Å². The van der Waals surface area contributed by atoms with Gasteiger partial charge in [0.05, 0.1) is 17.6 Å². The van der Waals surface area contributed by atoms with E-state index in [1.54, 1.807) is 19.9 Å². The van der Waals surface area contributed by atoms with Gasteiger partial charge in [-0.1, -0.05) is 0 Å². The number of esters is 1. The maximum atomic E-state index is 14.1. The monoisotopic (exact) mass is 494 g/mol. The Hall–Kier alpha value is -3.58. The topological polar surface area (TPSA) is 144 Å². The van der Waals surface area contributed by atoms with E-state index in [1.807, 2.05) is 0 Å². The molecule has 0 fully saturated rings. The van der Waals surface area contributed by atoms with E-state index in [1.165, 1.54) is 12.1 Å². The number of carbonyl (C=O) groups excluding carboxylic acids is 1. The third-order valence-electron chi connectivity index (χ3n) is 4.27. The first-order valence-electron chi connectivity index (χ1n) is 9.27. The van der Waals surface area contributed by atoms with E-state index >= 15 is 0 Å². The minimum Gasteiger partial charge on any atom is -0.465 e. The molecule has 0 unspecified atom stereocenters. The summed E-state index contributed by atoms with van der Waals surface area (Å²) in [6.45, 7) is 3.38. The zero-order chi connectivity index (χ0) is 24.4. The van der Waals surface area contributed by atoms with E-state index in [0.29, 0.717) is 11.4 Å². The summed E-state index contributed by atoms with van der Waals surface area (Å²) in [5.74, 6) is -2.01. The number of ether oxygens (including phenoxy) is 1. The van der Waals surface area contributed by atoms with E-state index in [-0.39, 0.29) is 22.1 Å². The zero-order valence-electron chi connectivity index (χ0n) is 17.7. The highest BCUT2D eigenvalue weighted by molar-refractivity contribution is 7.93. The van der Waals surface area contributed by atoms with Crippen LogP contribution in [0.5, 0.6) is 0 Å². The highest BCUT2D eigenvalue weighted by Crippen LogP contribution is 2.22.